The van der Waals surface area contributed by atoms with E-state index in [0.717, 1.165) is 19.5 Å². The third-order valence-electron chi connectivity index (χ3n) is 2.87. The molecule has 1 aliphatic rings. The van der Waals surface area contributed by atoms with E-state index < -0.39 is 6.04 Å². The summed E-state index contributed by atoms with van der Waals surface area (Å²) < 4.78 is 4.88. The van der Waals surface area contributed by atoms with Gasteiger partial charge < -0.3 is 20.3 Å². The molecule has 0 spiro atoms. The van der Waals surface area contributed by atoms with Crippen LogP contribution in [-0.2, 0) is 9.53 Å². The van der Waals surface area contributed by atoms with Crippen LogP contribution in [0, 0.1) is 0 Å². The second-order valence-electron chi connectivity index (χ2n) is 4.25. The van der Waals surface area contributed by atoms with Crippen molar-refractivity contribution in [3.8, 4) is 0 Å². The first-order valence-electron chi connectivity index (χ1n) is 5.26. The Balaban J connectivity index is 0.00000225. The van der Waals surface area contributed by atoms with Crippen molar-refractivity contribution in [2.75, 3.05) is 40.9 Å². The van der Waals surface area contributed by atoms with E-state index >= 15 is 0 Å². The van der Waals surface area contributed by atoms with Crippen LogP contribution < -0.4 is 5.73 Å². The van der Waals surface area contributed by atoms with E-state index in [9.17, 15) is 4.79 Å². The van der Waals surface area contributed by atoms with Gasteiger partial charge in [-0.2, -0.15) is 0 Å². The highest BCUT2D eigenvalue weighted by molar-refractivity contribution is 5.85. The number of amides is 1. The molecule has 0 aromatic heterocycles. The van der Waals surface area contributed by atoms with Crippen molar-refractivity contribution in [3.63, 3.8) is 0 Å². The van der Waals surface area contributed by atoms with Gasteiger partial charge in [0.2, 0.25) is 5.91 Å². The van der Waals surface area contributed by atoms with E-state index in [4.69, 9.17) is 10.5 Å². The molecule has 0 aromatic carbocycles. The number of halogens is 1. The van der Waals surface area contributed by atoms with Gasteiger partial charge in [-0.05, 0) is 20.5 Å². The lowest BCUT2D eigenvalue weighted by molar-refractivity contribution is -0.132. The Kier molecular flexibility index (Phi) is 6.90. The summed E-state index contributed by atoms with van der Waals surface area (Å²) in [4.78, 5) is 15.8. The van der Waals surface area contributed by atoms with Gasteiger partial charge in [-0.15, -0.1) is 12.4 Å². The molecule has 1 amide bonds. The van der Waals surface area contributed by atoms with E-state index in [1.807, 2.05) is 19.0 Å². The summed E-state index contributed by atoms with van der Waals surface area (Å²) in [5.74, 6) is 0.00111. The average molecular weight is 252 g/mol. The van der Waals surface area contributed by atoms with Crippen molar-refractivity contribution in [2.24, 2.45) is 5.73 Å². The Morgan fingerprint density at radius 1 is 1.62 bits per heavy atom. The summed E-state index contributed by atoms with van der Waals surface area (Å²) in [5.41, 5.74) is 5.70. The number of carbonyl (C=O) groups is 1. The molecule has 0 saturated carbocycles. The molecule has 5 nitrogen and oxygen atoms in total. The smallest absolute Gasteiger partial charge is 0.241 e. The quantitative estimate of drug-likeness (QED) is 0.735. The molecule has 0 radical (unpaired) electrons. The number of nitrogens with zero attached hydrogens (tertiary/aromatic N) is 2. The normalized spacial score (nSPS) is 22.1. The monoisotopic (exact) mass is 251 g/mol. The van der Waals surface area contributed by atoms with Gasteiger partial charge in [0.25, 0.3) is 0 Å². The first-order valence-corrected chi connectivity index (χ1v) is 5.26. The predicted octanol–water partition coefficient (Wildman–Crippen LogP) is -0.456. The molecule has 2 atom stereocenters. The second-order valence-corrected chi connectivity index (χ2v) is 4.25. The van der Waals surface area contributed by atoms with Gasteiger partial charge in [0.05, 0.1) is 6.61 Å². The maximum atomic E-state index is 11.8. The summed E-state index contributed by atoms with van der Waals surface area (Å²) in [5, 5.41) is 0. The standard InChI is InChI=1S/C10H21N3O2.ClH/c1-12(2)8-4-5-13(6-8)10(14)9(11)7-15-3;/h8-9H,4-7,11H2,1-3H3;1H. The zero-order valence-corrected chi connectivity index (χ0v) is 11.0. The lowest BCUT2D eigenvalue weighted by atomic mass is 10.2. The Labute approximate surface area is 103 Å². The number of ether oxygens (including phenoxy) is 1. The largest absolute Gasteiger partial charge is 0.383 e. The molecule has 0 bridgehead atoms. The van der Waals surface area contributed by atoms with Crippen LogP contribution in [0.25, 0.3) is 0 Å². The number of likely N-dealkylation sites (N-methyl/N-ethyl adjacent to an activating group) is 1. The number of hydrogen-bond acceptors (Lipinski definition) is 4. The van der Waals surface area contributed by atoms with E-state index in [-0.39, 0.29) is 18.3 Å². The molecule has 6 heteroatoms. The molecule has 1 fully saturated rings. The molecule has 1 rings (SSSR count). The molecular formula is C10H22ClN3O2. The highest BCUT2D eigenvalue weighted by atomic mass is 35.5. The SMILES string of the molecule is COCC(N)C(=O)N1CCC(N(C)C)C1.Cl. The van der Waals surface area contributed by atoms with Crippen LogP contribution in [0.5, 0.6) is 0 Å². The third-order valence-corrected chi connectivity index (χ3v) is 2.87. The van der Waals surface area contributed by atoms with Gasteiger partial charge >= 0.3 is 0 Å². The zero-order chi connectivity index (χ0) is 11.4. The Morgan fingerprint density at radius 3 is 2.69 bits per heavy atom. The maximum Gasteiger partial charge on any atom is 0.241 e. The average Bonchev–Trinajstić information content (AvgIpc) is 2.65. The molecule has 16 heavy (non-hydrogen) atoms. The fourth-order valence-corrected chi connectivity index (χ4v) is 1.85. The number of nitrogens with two attached hydrogens (primary N) is 1. The number of methoxy groups -OCH3 is 1. The first kappa shape index (κ1) is 15.6. The molecule has 1 aliphatic heterocycles. The highest BCUT2D eigenvalue weighted by Crippen LogP contribution is 2.13. The van der Waals surface area contributed by atoms with Crippen molar-refractivity contribution < 1.29 is 9.53 Å². The summed E-state index contributed by atoms with van der Waals surface area (Å²) >= 11 is 0. The fraction of sp³-hybridized carbons (Fsp3) is 0.900. The Hall–Kier alpha value is -0.360. The van der Waals surface area contributed by atoms with Crippen LogP contribution >= 0.6 is 12.4 Å². The van der Waals surface area contributed by atoms with Crippen LogP contribution in [-0.4, -0.2) is 68.7 Å². The Bertz CT molecular complexity index is 226. The van der Waals surface area contributed by atoms with Crippen LogP contribution in [0.1, 0.15) is 6.42 Å². The summed E-state index contributed by atoms with van der Waals surface area (Å²) in [6.45, 7) is 1.88. The molecule has 2 N–H and O–H groups in total. The summed E-state index contributed by atoms with van der Waals surface area (Å²) in [7, 11) is 5.63. The minimum Gasteiger partial charge on any atom is -0.383 e. The molecule has 0 aliphatic carbocycles. The lowest BCUT2D eigenvalue weighted by Crippen LogP contribution is -2.46. The van der Waals surface area contributed by atoms with Gasteiger partial charge in [0.1, 0.15) is 6.04 Å². The zero-order valence-electron chi connectivity index (χ0n) is 10.2. The van der Waals surface area contributed by atoms with E-state index in [2.05, 4.69) is 4.90 Å². The van der Waals surface area contributed by atoms with Gasteiger partial charge in [0.15, 0.2) is 0 Å². The first-order chi connectivity index (χ1) is 7.06. The van der Waals surface area contributed by atoms with Crippen molar-refractivity contribution in [1.29, 1.82) is 0 Å². The third kappa shape index (κ3) is 3.90. The number of hydrogen-bond donors (Lipinski definition) is 1. The lowest BCUT2D eigenvalue weighted by Gasteiger charge is -2.22. The molecular weight excluding hydrogens is 230 g/mol. The van der Waals surface area contributed by atoms with Crippen molar-refractivity contribution >= 4 is 18.3 Å². The molecule has 1 saturated heterocycles. The van der Waals surface area contributed by atoms with Gasteiger partial charge in [-0.25, -0.2) is 0 Å². The van der Waals surface area contributed by atoms with Crippen LogP contribution in [0.4, 0.5) is 0 Å². The fourth-order valence-electron chi connectivity index (χ4n) is 1.85. The van der Waals surface area contributed by atoms with E-state index in [1.165, 1.54) is 0 Å². The minimum atomic E-state index is -0.518. The highest BCUT2D eigenvalue weighted by Gasteiger charge is 2.29. The van der Waals surface area contributed by atoms with Crippen molar-refractivity contribution in [2.45, 2.75) is 18.5 Å². The van der Waals surface area contributed by atoms with Gasteiger partial charge in [0, 0.05) is 26.2 Å². The van der Waals surface area contributed by atoms with E-state index in [1.54, 1.807) is 7.11 Å². The minimum absolute atomic E-state index is 0. The second kappa shape index (κ2) is 7.06. The van der Waals surface area contributed by atoms with Gasteiger partial charge in [-0.1, -0.05) is 0 Å². The van der Waals surface area contributed by atoms with Crippen molar-refractivity contribution in [3.05, 3.63) is 0 Å². The molecule has 1 heterocycles. The van der Waals surface area contributed by atoms with Crippen LogP contribution in [0.2, 0.25) is 0 Å². The molecule has 96 valence electrons. The molecule has 2 unspecified atom stereocenters. The number of rotatable bonds is 4. The number of likely N-dealkylation sites (tertiary alicyclic amines) is 1. The predicted molar refractivity (Wildman–Crippen MR) is 65.8 cm³/mol. The van der Waals surface area contributed by atoms with Crippen LogP contribution in [0.3, 0.4) is 0 Å². The van der Waals surface area contributed by atoms with Crippen LogP contribution in [0.15, 0.2) is 0 Å². The number of carbonyl (C=O) groups excluding carboxylic acids is 1. The Morgan fingerprint density at radius 2 is 2.25 bits per heavy atom. The summed E-state index contributed by atoms with van der Waals surface area (Å²) in [6.07, 6.45) is 1.03. The van der Waals surface area contributed by atoms with Crippen molar-refractivity contribution in [1.82, 2.24) is 9.80 Å². The molecule has 0 aromatic rings. The topological polar surface area (TPSA) is 58.8 Å². The van der Waals surface area contributed by atoms with E-state index in [0.29, 0.717) is 12.6 Å². The summed E-state index contributed by atoms with van der Waals surface area (Å²) in [6, 6.07) is -0.0559. The van der Waals surface area contributed by atoms with Gasteiger partial charge in [-0.3, -0.25) is 4.79 Å². The maximum absolute atomic E-state index is 11.8.